The van der Waals surface area contributed by atoms with E-state index >= 15 is 0 Å². The SMILES string of the molecule is CSCC[C@H](N)C(=O)Nc1ccc2c(c1)S(=O)(=O)CC2.Cl. The number of anilines is 1. The number of nitrogens with two attached hydrogens (primary N) is 1. The van der Waals surface area contributed by atoms with Crippen LogP contribution in [-0.4, -0.2) is 38.1 Å². The van der Waals surface area contributed by atoms with Crippen LogP contribution in [0, 0.1) is 0 Å². The molecule has 0 radical (unpaired) electrons. The molecule has 0 unspecified atom stereocenters. The summed E-state index contributed by atoms with van der Waals surface area (Å²) in [5.41, 5.74) is 7.07. The Morgan fingerprint density at radius 3 is 2.86 bits per heavy atom. The van der Waals surface area contributed by atoms with E-state index < -0.39 is 15.9 Å². The van der Waals surface area contributed by atoms with Gasteiger partial charge in [-0.25, -0.2) is 8.42 Å². The Balaban J connectivity index is 0.00000220. The largest absolute Gasteiger partial charge is 0.325 e. The van der Waals surface area contributed by atoms with Crippen LogP contribution >= 0.6 is 24.2 Å². The van der Waals surface area contributed by atoms with E-state index in [0.29, 0.717) is 23.4 Å². The number of halogens is 1. The fourth-order valence-electron chi connectivity index (χ4n) is 2.09. The molecule has 8 heteroatoms. The number of thioether (sulfide) groups is 1. The summed E-state index contributed by atoms with van der Waals surface area (Å²) >= 11 is 1.63. The maximum Gasteiger partial charge on any atom is 0.241 e. The summed E-state index contributed by atoms with van der Waals surface area (Å²) in [7, 11) is -3.18. The first-order valence-corrected chi connectivity index (χ1v) is 9.40. The van der Waals surface area contributed by atoms with E-state index in [1.54, 1.807) is 23.9 Å². The average molecular weight is 351 g/mol. The Kier molecular flexibility index (Phi) is 6.52. The zero-order chi connectivity index (χ0) is 14.8. The maximum atomic E-state index is 11.9. The van der Waals surface area contributed by atoms with Gasteiger partial charge < -0.3 is 11.1 Å². The van der Waals surface area contributed by atoms with Crippen LogP contribution in [0.15, 0.2) is 23.1 Å². The highest BCUT2D eigenvalue weighted by Crippen LogP contribution is 2.28. The number of benzene rings is 1. The van der Waals surface area contributed by atoms with E-state index in [9.17, 15) is 13.2 Å². The van der Waals surface area contributed by atoms with Crippen LogP contribution in [0.5, 0.6) is 0 Å². The number of aryl methyl sites for hydroxylation is 1. The van der Waals surface area contributed by atoms with Crippen molar-refractivity contribution in [3.8, 4) is 0 Å². The normalized spacial score (nSPS) is 16.7. The summed E-state index contributed by atoms with van der Waals surface area (Å²) in [4.78, 5) is 12.2. The van der Waals surface area contributed by atoms with Crippen molar-refractivity contribution < 1.29 is 13.2 Å². The van der Waals surface area contributed by atoms with E-state index in [-0.39, 0.29) is 24.1 Å². The maximum absolute atomic E-state index is 11.9. The molecule has 0 aliphatic carbocycles. The number of carbonyl (C=O) groups is 1. The molecule has 0 fully saturated rings. The van der Waals surface area contributed by atoms with Gasteiger partial charge in [-0.15, -0.1) is 12.4 Å². The van der Waals surface area contributed by atoms with Crippen LogP contribution in [0.1, 0.15) is 12.0 Å². The summed E-state index contributed by atoms with van der Waals surface area (Å²) in [5, 5.41) is 2.68. The van der Waals surface area contributed by atoms with Gasteiger partial charge in [-0.05, 0) is 42.5 Å². The van der Waals surface area contributed by atoms with Crippen molar-refractivity contribution in [3.05, 3.63) is 23.8 Å². The van der Waals surface area contributed by atoms with Crippen molar-refractivity contribution in [2.45, 2.75) is 23.8 Å². The van der Waals surface area contributed by atoms with Gasteiger partial charge in [-0.3, -0.25) is 4.79 Å². The number of hydrogen-bond donors (Lipinski definition) is 2. The van der Waals surface area contributed by atoms with Gasteiger partial charge in [0.1, 0.15) is 0 Å². The van der Waals surface area contributed by atoms with Crippen molar-refractivity contribution in [1.29, 1.82) is 0 Å². The Hall–Kier alpha value is -0.760. The third kappa shape index (κ3) is 4.35. The first kappa shape index (κ1) is 18.3. The minimum Gasteiger partial charge on any atom is -0.325 e. The Morgan fingerprint density at radius 1 is 1.48 bits per heavy atom. The lowest BCUT2D eigenvalue weighted by Crippen LogP contribution is -2.36. The summed E-state index contributed by atoms with van der Waals surface area (Å²) in [6.45, 7) is 0. The lowest BCUT2D eigenvalue weighted by Gasteiger charge is -2.12. The fourth-order valence-corrected chi connectivity index (χ4v) is 4.17. The lowest BCUT2D eigenvalue weighted by molar-refractivity contribution is -0.117. The molecule has 5 nitrogen and oxygen atoms in total. The molecule has 0 aromatic heterocycles. The molecule has 1 aromatic rings. The fraction of sp³-hybridized carbons (Fsp3) is 0.462. The molecular formula is C13H19ClN2O3S2. The minimum absolute atomic E-state index is 0. The van der Waals surface area contributed by atoms with E-state index in [1.807, 2.05) is 6.26 Å². The van der Waals surface area contributed by atoms with Gasteiger partial charge in [0.05, 0.1) is 16.7 Å². The van der Waals surface area contributed by atoms with Crippen molar-refractivity contribution in [1.82, 2.24) is 0 Å². The molecule has 3 N–H and O–H groups in total. The Bertz CT molecular complexity index is 620. The average Bonchev–Trinajstić information content (AvgIpc) is 2.72. The smallest absolute Gasteiger partial charge is 0.241 e. The predicted octanol–water partition coefficient (Wildman–Crippen LogP) is 1.46. The molecular weight excluding hydrogens is 332 g/mol. The second-order valence-electron chi connectivity index (χ2n) is 4.77. The Labute approximate surface area is 135 Å². The number of rotatable bonds is 5. The van der Waals surface area contributed by atoms with Crippen LogP contribution in [-0.2, 0) is 21.1 Å². The van der Waals surface area contributed by atoms with Gasteiger partial charge >= 0.3 is 0 Å². The highest BCUT2D eigenvalue weighted by molar-refractivity contribution is 7.98. The molecule has 0 saturated heterocycles. The molecule has 21 heavy (non-hydrogen) atoms. The number of carbonyl (C=O) groups excluding carboxylic acids is 1. The van der Waals surface area contributed by atoms with Gasteiger partial charge in [0.25, 0.3) is 0 Å². The van der Waals surface area contributed by atoms with Crippen molar-refractivity contribution in [2.75, 3.05) is 23.1 Å². The summed E-state index contributed by atoms with van der Waals surface area (Å²) < 4.78 is 23.7. The predicted molar refractivity (Wildman–Crippen MR) is 89.1 cm³/mol. The second-order valence-corrected chi connectivity index (χ2v) is 7.83. The third-order valence-electron chi connectivity index (χ3n) is 3.28. The molecule has 1 aliphatic heterocycles. The highest BCUT2D eigenvalue weighted by atomic mass is 35.5. The van der Waals surface area contributed by atoms with Crippen molar-refractivity contribution in [3.63, 3.8) is 0 Å². The molecule has 1 amide bonds. The highest BCUT2D eigenvalue weighted by Gasteiger charge is 2.26. The van der Waals surface area contributed by atoms with E-state index in [2.05, 4.69) is 5.32 Å². The summed E-state index contributed by atoms with van der Waals surface area (Å²) in [6.07, 6.45) is 3.09. The molecule has 2 rings (SSSR count). The van der Waals surface area contributed by atoms with Crippen molar-refractivity contribution >= 4 is 45.6 Å². The lowest BCUT2D eigenvalue weighted by atomic mass is 10.1. The summed E-state index contributed by atoms with van der Waals surface area (Å²) in [6, 6.07) is 4.42. The second kappa shape index (κ2) is 7.49. The zero-order valence-electron chi connectivity index (χ0n) is 11.7. The number of amides is 1. The first-order chi connectivity index (χ1) is 9.44. The van der Waals surface area contributed by atoms with Crippen LogP contribution in [0.4, 0.5) is 5.69 Å². The van der Waals surface area contributed by atoms with Gasteiger partial charge in [0.15, 0.2) is 9.84 Å². The molecule has 0 spiro atoms. The monoisotopic (exact) mass is 350 g/mol. The topological polar surface area (TPSA) is 89.3 Å². The van der Waals surface area contributed by atoms with Gasteiger partial charge in [-0.2, -0.15) is 11.8 Å². The number of hydrogen-bond acceptors (Lipinski definition) is 5. The van der Waals surface area contributed by atoms with Gasteiger partial charge in [0, 0.05) is 5.69 Å². The minimum atomic E-state index is -3.18. The third-order valence-corrected chi connectivity index (χ3v) is 5.72. The first-order valence-electron chi connectivity index (χ1n) is 6.35. The van der Waals surface area contributed by atoms with Gasteiger partial charge in [0.2, 0.25) is 5.91 Å². The molecule has 0 saturated carbocycles. The van der Waals surface area contributed by atoms with Crippen LogP contribution in [0.3, 0.4) is 0 Å². The number of nitrogens with one attached hydrogen (secondary N) is 1. The Morgan fingerprint density at radius 2 is 2.19 bits per heavy atom. The van der Waals surface area contributed by atoms with Crippen molar-refractivity contribution in [2.24, 2.45) is 5.73 Å². The molecule has 118 valence electrons. The standard InChI is InChI=1S/C13H18N2O3S2.ClH/c1-19-6-4-11(14)13(16)15-10-3-2-9-5-7-20(17,18)12(9)8-10;/h2-3,8,11H,4-7,14H2,1H3,(H,15,16);1H/t11-;/m0./s1. The molecule has 1 heterocycles. The van der Waals surface area contributed by atoms with Crippen LogP contribution in [0.2, 0.25) is 0 Å². The number of fused-ring (bicyclic) bond motifs is 1. The van der Waals surface area contributed by atoms with Gasteiger partial charge in [-0.1, -0.05) is 6.07 Å². The molecule has 1 aliphatic rings. The molecule has 1 atom stereocenters. The molecule has 0 bridgehead atoms. The summed E-state index contributed by atoms with van der Waals surface area (Å²) in [5.74, 6) is 0.675. The van der Waals surface area contributed by atoms with Crippen LogP contribution in [0.25, 0.3) is 0 Å². The van der Waals surface area contributed by atoms with Crippen LogP contribution < -0.4 is 11.1 Å². The quantitative estimate of drug-likeness (QED) is 0.839. The van der Waals surface area contributed by atoms with E-state index in [0.717, 1.165) is 11.3 Å². The van der Waals surface area contributed by atoms with E-state index in [1.165, 1.54) is 6.07 Å². The van der Waals surface area contributed by atoms with E-state index in [4.69, 9.17) is 5.73 Å². The zero-order valence-corrected chi connectivity index (χ0v) is 14.1. The molecule has 1 aromatic carbocycles. The number of sulfone groups is 1.